The van der Waals surface area contributed by atoms with E-state index < -0.39 is 5.96 Å². The molecule has 0 saturated heterocycles. The Kier molecular flexibility index (Phi) is 10.6. The number of hydrogen-bond donors (Lipinski definition) is 4. The first-order chi connectivity index (χ1) is 22.0. The van der Waals surface area contributed by atoms with Crippen LogP contribution in [0, 0.1) is 0 Å². The molecule has 1 heterocycles. The van der Waals surface area contributed by atoms with Crippen LogP contribution in [0.5, 0.6) is 5.75 Å². The van der Waals surface area contributed by atoms with Gasteiger partial charge in [0.2, 0.25) is 0 Å². The zero-order chi connectivity index (χ0) is 31.0. The van der Waals surface area contributed by atoms with Crippen molar-refractivity contribution in [3.8, 4) is 5.75 Å². The number of rotatable bonds is 11. The van der Waals surface area contributed by atoms with Gasteiger partial charge >= 0.3 is 228 Å². The van der Waals surface area contributed by atoms with Gasteiger partial charge in [0.1, 0.15) is 0 Å². The Morgan fingerprint density at radius 2 is 1.22 bits per heavy atom. The minimum Gasteiger partial charge on any atom is -1.00 e. The molecule has 0 bridgehead atoms. The maximum atomic E-state index is 8.17. The first-order valence-corrected chi connectivity index (χ1v) is 18.5. The summed E-state index contributed by atoms with van der Waals surface area (Å²) in [6, 6.07) is 49.8. The third-order valence-electron chi connectivity index (χ3n) is 8.22. The van der Waals surface area contributed by atoms with Crippen LogP contribution in [-0.4, -0.2) is 31.2 Å². The van der Waals surface area contributed by atoms with E-state index in [2.05, 4.69) is 118 Å². The van der Waals surface area contributed by atoms with Crippen LogP contribution in [0.25, 0.3) is 0 Å². The molecule has 236 valence electrons. The number of nitrogens with zero attached hydrogens (tertiary/aromatic N) is 1. The fourth-order valence-electron chi connectivity index (χ4n) is 5.87. The molecule has 9 heteroatoms. The number of aliphatic imine (C=N–C) groups is 1. The van der Waals surface area contributed by atoms with Crippen molar-refractivity contribution in [3.05, 3.63) is 157 Å². The maximum absolute atomic E-state index is 8.17. The monoisotopic (exact) mass is 669 g/mol. The van der Waals surface area contributed by atoms with Crippen LogP contribution in [0.15, 0.2) is 151 Å². The van der Waals surface area contributed by atoms with Crippen molar-refractivity contribution in [2.45, 2.75) is 12.6 Å². The van der Waals surface area contributed by atoms with Gasteiger partial charge in [-0.05, 0) is 5.56 Å². The van der Waals surface area contributed by atoms with E-state index in [-0.39, 0.29) is 18.6 Å². The van der Waals surface area contributed by atoms with Crippen LogP contribution in [-0.2, 0) is 6.42 Å². The zero-order valence-electron chi connectivity index (χ0n) is 25.4. The van der Waals surface area contributed by atoms with Crippen molar-refractivity contribution in [3.63, 3.8) is 0 Å². The topological polar surface area (TPSA) is 85.6 Å². The predicted octanol–water partition coefficient (Wildman–Crippen LogP) is 0.938. The Balaban J connectivity index is 0.00000417. The Morgan fingerprint density at radius 3 is 1.74 bits per heavy atom. The minimum atomic E-state index is -3.39. The van der Waals surface area contributed by atoms with Crippen LogP contribution in [0.3, 0.4) is 0 Å². The van der Waals surface area contributed by atoms with Gasteiger partial charge in [-0.15, -0.1) is 0 Å². The molecule has 0 amide bonds. The van der Waals surface area contributed by atoms with Crippen LogP contribution in [0.4, 0.5) is 0 Å². The summed E-state index contributed by atoms with van der Waals surface area (Å²) >= 11 is 8.17. The van der Waals surface area contributed by atoms with Crippen molar-refractivity contribution in [2.75, 3.05) is 19.3 Å². The molecule has 6 nitrogen and oxygen atoms in total. The summed E-state index contributed by atoms with van der Waals surface area (Å²) in [5.41, 5.74) is 8.38. The fourth-order valence-corrected chi connectivity index (χ4v) is 11.6. The smallest absolute Gasteiger partial charge is 1.00 e. The van der Waals surface area contributed by atoms with Crippen molar-refractivity contribution in [1.29, 1.82) is 0 Å². The Bertz CT molecular complexity index is 1660. The SMILES string of the molecule is NC1=NC(c2ccc(OCCP(Cl)(c3ccccc3)(c3ccccc3)c3ccccc3)cc2)NC(=[NH+]CCc2ccccc2)N1.[Cl-]. The van der Waals surface area contributed by atoms with Gasteiger partial charge in [-0.2, -0.15) is 0 Å². The van der Waals surface area contributed by atoms with Gasteiger partial charge in [-0.3, -0.25) is 0 Å². The largest absolute Gasteiger partial charge is 1.00 e. The molecule has 0 aromatic heterocycles. The molecule has 1 aliphatic heterocycles. The van der Waals surface area contributed by atoms with Crippen molar-refractivity contribution in [1.82, 2.24) is 10.6 Å². The van der Waals surface area contributed by atoms with E-state index in [0.29, 0.717) is 18.7 Å². The van der Waals surface area contributed by atoms with Crippen LogP contribution < -0.4 is 54.4 Å². The Morgan fingerprint density at radius 1 is 0.717 bits per heavy atom. The first-order valence-electron chi connectivity index (χ1n) is 15.2. The third-order valence-corrected chi connectivity index (χ3v) is 15.6. The molecule has 0 saturated carbocycles. The van der Waals surface area contributed by atoms with E-state index in [0.717, 1.165) is 46.2 Å². The summed E-state index contributed by atoms with van der Waals surface area (Å²) in [6.45, 7) is 1.20. The van der Waals surface area contributed by atoms with Crippen LogP contribution >= 0.6 is 17.2 Å². The van der Waals surface area contributed by atoms with Crippen molar-refractivity contribution in [2.24, 2.45) is 10.7 Å². The van der Waals surface area contributed by atoms with Gasteiger partial charge in [0.25, 0.3) is 0 Å². The zero-order valence-corrected chi connectivity index (χ0v) is 27.8. The predicted molar refractivity (Wildman–Crippen MR) is 189 cm³/mol. The van der Waals surface area contributed by atoms with E-state index in [1.807, 2.05) is 48.5 Å². The van der Waals surface area contributed by atoms with E-state index >= 15 is 0 Å². The summed E-state index contributed by atoms with van der Waals surface area (Å²) in [5, 5.41) is 9.86. The first kappa shape index (κ1) is 33.0. The van der Waals surface area contributed by atoms with E-state index in [9.17, 15) is 0 Å². The minimum absolute atomic E-state index is 0. The van der Waals surface area contributed by atoms with E-state index in [4.69, 9.17) is 21.7 Å². The van der Waals surface area contributed by atoms with Gasteiger partial charge < -0.3 is 12.4 Å². The van der Waals surface area contributed by atoms with Crippen LogP contribution in [0.2, 0.25) is 0 Å². The summed E-state index contributed by atoms with van der Waals surface area (Å²) in [7, 11) is 0. The number of nitrogens with one attached hydrogen (secondary N) is 3. The fraction of sp³-hybridized carbons (Fsp3) is 0.135. The number of ether oxygens (including phenoxy) is 1. The second-order valence-electron chi connectivity index (χ2n) is 11.1. The molecule has 1 aliphatic rings. The van der Waals surface area contributed by atoms with Gasteiger partial charge in [0, 0.05) is 6.42 Å². The molecular weight excluding hydrogens is 632 g/mol. The summed E-state index contributed by atoms with van der Waals surface area (Å²) in [5.74, 6) is -1.53. The molecular formula is C37H38Cl2N5OP. The number of guanidine groups is 2. The van der Waals surface area contributed by atoms with Gasteiger partial charge in [0.15, 0.2) is 0 Å². The average molecular weight is 671 g/mol. The molecule has 5 aromatic carbocycles. The number of hydrogen-bond acceptors (Lipinski definition) is 3. The van der Waals surface area contributed by atoms with Crippen LogP contribution in [0.1, 0.15) is 17.3 Å². The van der Waals surface area contributed by atoms with Crippen molar-refractivity contribution >= 4 is 45.0 Å². The summed E-state index contributed by atoms with van der Waals surface area (Å²) in [4.78, 5) is 7.96. The molecule has 0 fully saturated rings. The van der Waals surface area contributed by atoms with E-state index in [1.54, 1.807) is 0 Å². The molecule has 0 radical (unpaired) electrons. The normalized spacial score (nSPS) is 16.1. The third kappa shape index (κ3) is 7.05. The molecule has 1 unspecified atom stereocenters. The second-order valence-corrected chi connectivity index (χ2v) is 17.7. The standard InChI is InChI=1S/C37H37ClN5OP.ClH/c38-45(32-15-7-2-8-16-32,33-17-9-3-10-18-33,34-19-11-4-12-20-34)28-27-44-31-23-21-30(22-24-31)35-41-36(39)43-37(42-35)40-26-25-29-13-5-1-6-14-29;/h1-24,35H,25-28H2,(H4,39,40,41,42,43);1H. The van der Waals surface area contributed by atoms with E-state index in [1.165, 1.54) is 5.56 Å². The van der Waals surface area contributed by atoms with Crippen molar-refractivity contribution < 1.29 is 22.1 Å². The molecule has 5 N–H and O–H groups in total. The second kappa shape index (κ2) is 14.8. The Hall–Kier alpha value is -4.35. The number of benzene rings is 5. The molecule has 46 heavy (non-hydrogen) atoms. The quantitative estimate of drug-likeness (QED) is 0.158. The Labute approximate surface area is 281 Å². The molecule has 6 rings (SSSR count). The summed E-state index contributed by atoms with van der Waals surface area (Å²) < 4.78 is 6.41. The summed E-state index contributed by atoms with van der Waals surface area (Å²) in [6.07, 6.45) is 1.21. The average Bonchev–Trinajstić information content (AvgIpc) is 3.10. The van der Waals surface area contributed by atoms with Gasteiger partial charge in [-0.25, -0.2) is 0 Å². The van der Waals surface area contributed by atoms with Gasteiger partial charge in [0.05, 0.1) is 0 Å². The number of nitrogens with two attached hydrogens (primary N) is 1. The molecule has 0 spiro atoms. The molecule has 1 atom stereocenters. The number of halogens is 2. The molecule has 0 aliphatic carbocycles. The van der Waals surface area contributed by atoms with Gasteiger partial charge in [-0.1, -0.05) is 30.3 Å². The molecule has 5 aromatic rings. The maximum Gasteiger partial charge on any atom is -1.00 e.